The molecule has 0 N–H and O–H groups in total. The van der Waals surface area contributed by atoms with Crippen LogP contribution in [-0.4, -0.2) is 5.92 Å². The van der Waals surface area contributed by atoms with Crippen LogP contribution in [0.2, 0.25) is 13.1 Å². The molecule has 0 spiro atoms. The summed E-state index contributed by atoms with van der Waals surface area (Å²) in [5.41, 5.74) is 18.5. The second-order valence-electron chi connectivity index (χ2n) is 17.1. The Labute approximate surface area is 299 Å². The second kappa shape index (κ2) is 12.1. The molecular weight excluding hydrogens is 719 g/mol. The first-order chi connectivity index (χ1) is 22.3. The van der Waals surface area contributed by atoms with Gasteiger partial charge in [-0.25, -0.2) is 0 Å². The fourth-order valence-corrected chi connectivity index (χ4v) is 40.3. The van der Waals surface area contributed by atoms with Crippen molar-refractivity contribution in [3.63, 3.8) is 0 Å². The Kier molecular flexibility index (Phi) is 9.02. The fraction of sp³-hybridized carbons (Fsp3) is 0.364. The van der Waals surface area contributed by atoms with Crippen LogP contribution in [0.25, 0.3) is 34.4 Å². The third-order valence-corrected chi connectivity index (χ3v) is 63.1. The third kappa shape index (κ3) is 5.48. The van der Waals surface area contributed by atoms with Crippen molar-refractivity contribution in [2.24, 2.45) is 10.8 Å². The van der Waals surface area contributed by atoms with Gasteiger partial charge < -0.3 is 0 Å². The molecule has 2 unspecified atom stereocenters. The van der Waals surface area contributed by atoms with Crippen LogP contribution in [-0.2, 0) is 15.6 Å². The molecule has 251 valence electrons. The molecule has 0 aromatic heterocycles. The number of halogens is 2. The predicted molar refractivity (Wildman–Crippen MR) is 214 cm³/mol. The molecule has 48 heavy (non-hydrogen) atoms. The molecule has 2 aliphatic carbocycles. The monoisotopic (exact) mass is 769 g/mol. The maximum atomic E-state index is 8.89. The molecule has 2 atom stereocenters. The van der Waals surface area contributed by atoms with Crippen molar-refractivity contribution in [3.8, 4) is 22.3 Å². The maximum absolute atomic E-state index is 8.89. The Hall–Kier alpha value is -1.96. The summed E-state index contributed by atoms with van der Waals surface area (Å²) in [4.78, 5) is 0. The minimum absolute atomic E-state index is 0.0322. The molecule has 4 aromatic carbocycles. The number of hydrogen-bond donors (Lipinski definition) is 0. The molecule has 4 heteroatoms. The number of hydrogen-bond acceptors (Lipinski definition) is 0. The average Bonchev–Trinajstić information content (AvgIpc) is 3.60. The van der Waals surface area contributed by atoms with Gasteiger partial charge in [-0.05, 0) is 0 Å². The fourth-order valence-electron chi connectivity index (χ4n) is 8.86. The van der Waals surface area contributed by atoms with Crippen molar-refractivity contribution in [1.82, 2.24) is 0 Å². The summed E-state index contributed by atoms with van der Waals surface area (Å²) in [5.74, 6) is -1.72. The van der Waals surface area contributed by atoms with Crippen LogP contribution >= 0.6 is 17.0 Å². The van der Waals surface area contributed by atoms with Crippen molar-refractivity contribution in [1.29, 1.82) is 0 Å². The molecule has 0 heterocycles. The molecule has 0 nitrogen and oxygen atoms in total. The van der Waals surface area contributed by atoms with Gasteiger partial charge in [0.25, 0.3) is 0 Å². The van der Waals surface area contributed by atoms with E-state index in [1.165, 1.54) is 77.9 Å². The van der Waals surface area contributed by atoms with Crippen molar-refractivity contribution < 1.29 is 15.6 Å². The van der Waals surface area contributed by atoms with Crippen LogP contribution in [0.5, 0.6) is 0 Å². The van der Waals surface area contributed by atoms with E-state index in [9.17, 15) is 0 Å². The number of benzene rings is 4. The minimum atomic E-state index is -5.03. The number of allylic oxidation sites excluding steroid dienone is 2. The Bertz CT molecular complexity index is 1880. The van der Waals surface area contributed by atoms with Gasteiger partial charge in [0.05, 0.1) is 0 Å². The summed E-state index contributed by atoms with van der Waals surface area (Å²) in [5, 5.41) is 0. The van der Waals surface area contributed by atoms with Gasteiger partial charge in [-0.15, -0.1) is 0 Å². The molecule has 4 aromatic rings. The van der Waals surface area contributed by atoms with Crippen LogP contribution in [0.1, 0.15) is 93.3 Å². The van der Waals surface area contributed by atoms with Gasteiger partial charge in [-0.1, -0.05) is 0 Å². The summed E-state index contributed by atoms with van der Waals surface area (Å²) < 4.78 is 0.0643. The van der Waals surface area contributed by atoms with Gasteiger partial charge >= 0.3 is 302 Å². The van der Waals surface area contributed by atoms with Crippen LogP contribution in [0, 0.1) is 38.5 Å². The van der Waals surface area contributed by atoms with E-state index >= 15 is 0 Å². The molecule has 0 saturated heterocycles. The van der Waals surface area contributed by atoms with Crippen LogP contribution in [0.15, 0.2) is 83.9 Å². The van der Waals surface area contributed by atoms with Crippen molar-refractivity contribution in [2.45, 2.75) is 89.6 Å². The Morgan fingerprint density at radius 3 is 1.19 bits per heavy atom. The number of rotatable bonds is 5. The SMILES string of the molecule is Cc1ccccc1-c1c(C)ccc2c1C=C(C(C)(C)C)[CH]2[Zr]([Cl])([Cl])([CH]1C(C(C)(C)C)=Cc2c1ccc(C)c2-c1ccccc1C)[SiH](C)C. The summed E-state index contributed by atoms with van der Waals surface area (Å²) >= 11 is -5.03. The van der Waals surface area contributed by atoms with Gasteiger partial charge in [0.1, 0.15) is 0 Å². The van der Waals surface area contributed by atoms with Gasteiger partial charge in [0.2, 0.25) is 0 Å². The Balaban J connectivity index is 1.71. The molecule has 6 rings (SSSR count). The number of aryl methyl sites for hydroxylation is 4. The average molecular weight is 772 g/mol. The summed E-state index contributed by atoms with van der Waals surface area (Å²) in [7, 11) is 17.8. The molecule has 0 saturated carbocycles. The molecular formula is C44H53Cl2SiZr. The van der Waals surface area contributed by atoms with Gasteiger partial charge in [0, 0.05) is 0 Å². The van der Waals surface area contributed by atoms with Crippen molar-refractivity contribution >= 4 is 35.1 Å². The Morgan fingerprint density at radius 1 is 0.521 bits per heavy atom. The van der Waals surface area contributed by atoms with E-state index < -0.39 is 21.5 Å². The first kappa shape index (κ1) is 35.9. The van der Waals surface area contributed by atoms with Gasteiger partial charge in [0.15, 0.2) is 0 Å². The zero-order valence-corrected chi connectivity index (χ0v) is 36.2. The van der Waals surface area contributed by atoms with E-state index in [-0.39, 0.29) is 18.1 Å². The molecule has 2 aliphatic rings. The summed E-state index contributed by atoms with van der Waals surface area (Å²) in [6.45, 7) is 28.1. The van der Waals surface area contributed by atoms with E-state index in [1.54, 1.807) is 0 Å². The first-order valence-electron chi connectivity index (χ1n) is 17.7. The number of fused-ring (bicyclic) bond motifs is 2. The van der Waals surface area contributed by atoms with E-state index in [2.05, 4.69) is 167 Å². The quantitative estimate of drug-likeness (QED) is 0.177. The first-order valence-corrected chi connectivity index (χ1v) is 34.0. The molecule has 0 radical (unpaired) electrons. The zero-order valence-electron chi connectivity index (χ0n) is 31.1. The molecule has 0 amide bonds. The van der Waals surface area contributed by atoms with E-state index in [0.717, 1.165) is 0 Å². The van der Waals surface area contributed by atoms with Crippen molar-refractivity contribution in [2.75, 3.05) is 0 Å². The zero-order chi connectivity index (χ0) is 35.2. The van der Waals surface area contributed by atoms with Crippen LogP contribution in [0.4, 0.5) is 0 Å². The topological polar surface area (TPSA) is 0 Å². The van der Waals surface area contributed by atoms with E-state index in [0.29, 0.717) is 0 Å². The molecule has 0 fully saturated rings. The third-order valence-electron chi connectivity index (χ3n) is 11.6. The van der Waals surface area contributed by atoms with E-state index in [4.69, 9.17) is 17.0 Å². The predicted octanol–water partition coefficient (Wildman–Crippen LogP) is 13.9. The molecule has 0 bridgehead atoms. The second-order valence-corrected chi connectivity index (χ2v) is 59.6. The van der Waals surface area contributed by atoms with Gasteiger partial charge in [-0.3, -0.25) is 0 Å². The molecule has 0 aliphatic heterocycles. The van der Waals surface area contributed by atoms with Crippen LogP contribution < -0.4 is 0 Å². The standard InChI is InChI=1S/2C21H23.C2H7Si.2ClH.Zr/c2*1-14-8-6-7-9-18(14)20-15(2)10-11-16-12-17(13-19(16)20)21(3,4)5;1-3-2;;;/h2*6-13H,1-5H3;3H,1-2H3;2*1H;/q;;;;;+2/p-2. The van der Waals surface area contributed by atoms with E-state index in [1.807, 2.05) is 0 Å². The van der Waals surface area contributed by atoms with Crippen LogP contribution in [0.3, 0.4) is 0 Å². The van der Waals surface area contributed by atoms with Gasteiger partial charge in [-0.2, -0.15) is 0 Å². The Morgan fingerprint density at radius 2 is 0.875 bits per heavy atom. The normalized spacial score (nSPS) is 18.7. The summed E-state index contributed by atoms with van der Waals surface area (Å²) in [6.07, 6.45) is 5.04. The van der Waals surface area contributed by atoms with Crippen molar-refractivity contribution in [3.05, 3.63) is 128 Å². The summed E-state index contributed by atoms with van der Waals surface area (Å²) in [6, 6.07) is 27.1.